The topological polar surface area (TPSA) is 288 Å². The van der Waals surface area contributed by atoms with E-state index in [2.05, 4.69) is 21.3 Å². The van der Waals surface area contributed by atoms with Crippen molar-refractivity contribution in [3.63, 3.8) is 0 Å². The number of nitrogens with zero attached hydrogens (tertiary/aromatic N) is 7. The minimum Gasteiger partial charge on any atom is -0.390 e. The molecule has 2 rings (SSSR count). The second-order valence-corrected chi connectivity index (χ2v) is 26.9. The Balaban J connectivity index is 3.02. The fourth-order valence-electron chi connectivity index (χ4n) is 11.4. The Hall–Kier alpha value is -6.95. The summed E-state index contributed by atoms with van der Waals surface area (Å²) >= 11 is 0. The van der Waals surface area contributed by atoms with Gasteiger partial charge in [0.2, 0.25) is 65.0 Å². The SMILES string of the molecule is CC=CC[C@@H](C)[C@@H](O)[C@H]1C(=O)N[C@@H](CC)C(=O)N(C)CC(=O)N(C)[C@@H]([C@@H](C)OCc2ccccc2)C(=O)N[C@@H](C(C)C)C(=O)N(C)[C@@H](CC(C)C)C(=O)N[C@@H](C)C(=O)N[C@H](C)C(=O)N(C)[C@@H](CC(C)C)C(=O)N(C)[C@@H](CC(C)C)C(=O)N(C)[C@@H](C(C)C)C(=O)N1C. The second-order valence-electron chi connectivity index (χ2n) is 26.9. The van der Waals surface area contributed by atoms with Crippen LogP contribution in [0.2, 0.25) is 0 Å². The number of aliphatic hydroxyl groups excluding tert-OH is 1. The highest BCUT2D eigenvalue weighted by atomic mass is 16.5. The highest BCUT2D eigenvalue weighted by Crippen LogP contribution is 2.26. The number of ether oxygens (including phenoxy) is 1. The maximum absolute atomic E-state index is 15.2. The first kappa shape index (κ1) is 80.1. The molecule has 11 amide bonds. The molecule has 0 radical (unpaired) electrons. The quantitative estimate of drug-likeness (QED) is 0.139. The summed E-state index contributed by atoms with van der Waals surface area (Å²) in [7, 11) is 9.80. The minimum atomic E-state index is -1.64. The molecule has 1 aliphatic heterocycles. The van der Waals surface area contributed by atoms with E-state index in [9.17, 15) is 43.5 Å². The van der Waals surface area contributed by atoms with Gasteiger partial charge in [0.25, 0.3) is 0 Å². The van der Waals surface area contributed by atoms with Gasteiger partial charge in [-0.3, -0.25) is 52.7 Å². The van der Waals surface area contributed by atoms with Gasteiger partial charge in [-0.2, -0.15) is 0 Å². The molecule has 1 fully saturated rings. The highest BCUT2D eigenvalue weighted by molar-refractivity contribution is 5.99. The summed E-state index contributed by atoms with van der Waals surface area (Å²) in [6, 6.07) is -3.79. The minimum absolute atomic E-state index is 0.00787. The number of carbonyl (C=O) groups is 11. The number of hydrogen-bond acceptors (Lipinski definition) is 13. The largest absolute Gasteiger partial charge is 0.390 e. The van der Waals surface area contributed by atoms with Crippen molar-refractivity contribution in [2.24, 2.45) is 35.5 Å². The van der Waals surface area contributed by atoms with Crippen LogP contribution >= 0.6 is 0 Å². The lowest BCUT2D eigenvalue weighted by Gasteiger charge is -2.41. The van der Waals surface area contributed by atoms with Crippen molar-refractivity contribution in [2.45, 2.75) is 222 Å². The van der Waals surface area contributed by atoms with Crippen molar-refractivity contribution >= 4 is 65.0 Å². The van der Waals surface area contributed by atoms with E-state index < -0.39 is 162 Å². The van der Waals surface area contributed by atoms with E-state index in [1.807, 2.05) is 71.9 Å². The molecule has 514 valence electrons. The number of nitrogens with one attached hydrogen (secondary N) is 4. The summed E-state index contributed by atoms with van der Waals surface area (Å²) in [5, 5.41) is 23.1. The Morgan fingerprint density at radius 3 is 1.48 bits per heavy atom. The zero-order valence-corrected chi connectivity index (χ0v) is 58.9. The van der Waals surface area contributed by atoms with Crippen molar-refractivity contribution in [2.75, 3.05) is 55.9 Å². The molecule has 1 aliphatic rings. The van der Waals surface area contributed by atoms with E-state index in [4.69, 9.17) is 4.74 Å². The maximum atomic E-state index is 15.2. The van der Waals surface area contributed by atoms with Gasteiger partial charge in [0.1, 0.15) is 60.4 Å². The molecule has 24 heteroatoms. The third-order valence-corrected chi connectivity index (χ3v) is 17.1. The number of carbonyl (C=O) groups excluding carboxylic acids is 11. The van der Waals surface area contributed by atoms with Gasteiger partial charge in [-0.15, -0.1) is 0 Å². The lowest BCUT2D eigenvalue weighted by Crippen LogP contribution is -2.63. The fraction of sp³-hybridized carbons (Fsp3) is 0.716. The van der Waals surface area contributed by atoms with E-state index in [0.717, 1.165) is 20.3 Å². The van der Waals surface area contributed by atoms with Crippen LogP contribution in [0, 0.1) is 35.5 Å². The maximum Gasteiger partial charge on any atom is 0.246 e. The molecular formula is C67H113N11O13. The van der Waals surface area contributed by atoms with Gasteiger partial charge in [0, 0.05) is 49.3 Å². The molecule has 13 atom stereocenters. The van der Waals surface area contributed by atoms with Gasteiger partial charge in [0.15, 0.2) is 0 Å². The predicted molar refractivity (Wildman–Crippen MR) is 350 cm³/mol. The van der Waals surface area contributed by atoms with Gasteiger partial charge in [-0.05, 0) is 101 Å². The monoisotopic (exact) mass is 1280 g/mol. The Morgan fingerprint density at radius 1 is 0.516 bits per heavy atom. The zero-order valence-electron chi connectivity index (χ0n) is 58.9. The molecule has 1 aromatic carbocycles. The molecule has 1 aromatic rings. The van der Waals surface area contributed by atoms with Crippen molar-refractivity contribution < 1.29 is 62.6 Å². The lowest BCUT2D eigenvalue weighted by atomic mass is 9.91. The summed E-state index contributed by atoms with van der Waals surface area (Å²) in [6.07, 6.45) is 1.73. The summed E-state index contributed by atoms with van der Waals surface area (Å²) in [6.45, 7) is 27.0. The average Bonchev–Trinajstić information content (AvgIpc) is 2.39. The smallest absolute Gasteiger partial charge is 0.246 e. The molecule has 0 unspecified atom stereocenters. The first-order chi connectivity index (χ1) is 42.3. The molecule has 0 saturated carbocycles. The van der Waals surface area contributed by atoms with Crippen molar-refractivity contribution in [1.29, 1.82) is 0 Å². The zero-order chi connectivity index (χ0) is 69.8. The van der Waals surface area contributed by atoms with Gasteiger partial charge >= 0.3 is 0 Å². The van der Waals surface area contributed by atoms with Gasteiger partial charge < -0.3 is 65.4 Å². The van der Waals surface area contributed by atoms with Crippen molar-refractivity contribution in [3.8, 4) is 0 Å². The van der Waals surface area contributed by atoms with Crippen LogP contribution in [0.1, 0.15) is 148 Å². The molecular weight excluding hydrogens is 1170 g/mol. The average molecular weight is 1280 g/mol. The van der Waals surface area contributed by atoms with Crippen LogP contribution in [0.3, 0.4) is 0 Å². The summed E-state index contributed by atoms with van der Waals surface area (Å²) < 4.78 is 6.26. The molecule has 5 N–H and O–H groups in total. The molecule has 0 spiro atoms. The number of aliphatic hydroxyl groups is 1. The van der Waals surface area contributed by atoms with E-state index >= 15 is 14.4 Å². The molecule has 1 heterocycles. The Kier molecular flexibility index (Phi) is 32.5. The molecule has 1 saturated heterocycles. The van der Waals surface area contributed by atoms with Crippen LogP contribution in [0.5, 0.6) is 0 Å². The van der Waals surface area contributed by atoms with E-state index in [1.165, 1.54) is 82.8 Å². The highest BCUT2D eigenvalue weighted by Gasteiger charge is 2.46. The van der Waals surface area contributed by atoms with Gasteiger partial charge in [-0.25, -0.2) is 0 Å². The molecule has 0 bridgehead atoms. The predicted octanol–water partition coefficient (Wildman–Crippen LogP) is 3.83. The van der Waals surface area contributed by atoms with E-state index in [0.29, 0.717) is 6.42 Å². The number of benzene rings is 1. The fourth-order valence-corrected chi connectivity index (χ4v) is 11.4. The molecule has 0 aromatic heterocycles. The first-order valence-electron chi connectivity index (χ1n) is 32.3. The van der Waals surface area contributed by atoms with Crippen LogP contribution in [0.4, 0.5) is 0 Å². The van der Waals surface area contributed by atoms with Gasteiger partial charge in [-0.1, -0.05) is 126 Å². The lowest BCUT2D eigenvalue weighted by molar-refractivity contribution is -0.157. The third-order valence-electron chi connectivity index (χ3n) is 17.1. The van der Waals surface area contributed by atoms with Crippen molar-refractivity contribution in [1.82, 2.24) is 55.6 Å². The summed E-state index contributed by atoms with van der Waals surface area (Å²) in [4.78, 5) is 170. The van der Waals surface area contributed by atoms with Crippen LogP contribution in [0.15, 0.2) is 42.5 Å². The summed E-state index contributed by atoms with van der Waals surface area (Å²) in [5.74, 6) is -10.1. The van der Waals surface area contributed by atoms with Crippen molar-refractivity contribution in [3.05, 3.63) is 48.0 Å². The first-order valence-corrected chi connectivity index (χ1v) is 32.3. The standard InChI is InChI=1S/C67H113N11O13/c1-24-26-30-43(13)57(80)56-61(84)70-48(25-2)63(86)72(17)36-52(79)76(21)55(46(16)91-37-47-31-28-27-29-32-47)60(83)71-53(41(9)10)66(89)73(18)49(33-38(3)4)59(82)68-44(14)58(81)69-45(15)62(85)74(19)50(34-39(5)6)64(87)75(20)51(35-40(7)8)65(88)77(22)54(42(11)12)67(90)78(56)23/h24,26-29,31-32,38-46,48-51,53-57,80H,25,30,33-37H2,1-23H3,(H,68,82)(H,69,81)(H,70,84)(H,71,83)/t43-,44+,45-,46-,48+,49+,50+,51+,53+,54+,55+,56+,57-/m1/s1. The van der Waals surface area contributed by atoms with E-state index in [1.54, 1.807) is 67.5 Å². The Labute approximate surface area is 542 Å². The molecule has 0 aliphatic carbocycles. The Morgan fingerprint density at radius 2 is 0.989 bits per heavy atom. The van der Waals surface area contributed by atoms with Crippen LogP contribution in [-0.4, -0.2) is 233 Å². The van der Waals surface area contributed by atoms with Crippen LogP contribution in [-0.2, 0) is 64.1 Å². The second kappa shape index (κ2) is 36.9. The number of rotatable bonds is 17. The van der Waals surface area contributed by atoms with E-state index in [-0.39, 0.29) is 50.0 Å². The van der Waals surface area contributed by atoms with Gasteiger partial charge in [0.05, 0.1) is 25.4 Å². The number of likely N-dealkylation sites (N-methyl/N-ethyl adjacent to an activating group) is 7. The number of allylic oxidation sites excluding steroid dienone is 2. The number of hydrogen-bond donors (Lipinski definition) is 5. The third kappa shape index (κ3) is 22.4. The molecule has 24 nitrogen and oxygen atoms in total. The molecule has 91 heavy (non-hydrogen) atoms. The van der Waals surface area contributed by atoms with Crippen LogP contribution < -0.4 is 21.3 Å². The summed E-state index contributed by atoms with van der Waals surface area (Å²) in [5.41, 5.74) is 0.764. The normalized spacial score (nSPS) is 26.2. The van der Waals surface area contributed by atoms with Crippen LogP contribution in [0.25, 0.3) is 0 Å². The Bertz CT molecular complexity index is 2650. The number of amides is 11.